The Kier molecular flexibility index (Phi) is 4.61. The third kappa shape index (κ3) is 3.36. The average Bonchev–Trinajstić information content (AvgIpc) is 3.15. The van der Waals surface area contributed by atoms with Crippen LogP contribution < -0.4 is 5.32 Å². The zero-order valence-electron chi connectivity index (χ0n) is 13.9. The summed E-state index contributed by atoms with van der Waals surface area (Å²) in [5, 5.41) is 12.4. The Bertz CT molecular complexity index is 493. The third-order valence-corrected chi connectivity index (χ3v) is 5.94. The predicted molar refractivity (Wildman–Crippen MR) is 83.3 cm³/mol. The number of carbonyl (C=O) groups excluding carboxylic acids is 1. The number of nitrogens with one attached hydrogen (secondary N) is 1. The first kappa shape index (κ1) is 16.7. The molecule has 6 atom stereocenters. The standard InChI is InChI=1S/C17H26FN3O2/c1-17(6-11-3-15(23-2)4-12(11)7-17)20-9-16(22)21-10-13(18)5-14(21)8-19/h11-15,20H,3-7,9-10H2,1-2H3/t11-,12+,13-,14-,15+,17-/m0/s1. The molecule has 0 unspecified atom stereocenters. The van der Waals surface area contributed by atoms with E-state index in [2.05, 4.69) is 12.2 Å². The van der Waals surface area contributed by atoms with Crippen LogP contribution in [0.2, 0.25) is 0 Å². The van der Waals surface area contributed by atoms with Gasteiger partial charge in [-0.15, -0.1) is 0 Å². The molecule has 0 spiro atoms. The summed E-state index contributed by atoms with van der Waals surface area (Å²) in [6.45, 7) is 2.41. The lowest BCUT2D eigenvalue weighted by Crippen LogP contribution is -2.48. The van der Waals surface area contributed by atoms with Crippen LogP contribution in [0.5, 0.6) is 0 Å². The summed E-state index contributed by atoms with van der Waals surface area (Å²) < 4.78 is 18.9. The van der Waals surface area contributed by atoms with Crippen LogP contribution in [0, 0.1) is 23.2 Å². The van der Waals surface area contributed by atoms with Crippen molar-refractivity contribution in [2.75, 3.05) is 20.2 Å². The zero-order chi connectivity index (χ0) is 16.6. The smallest absolute Gasteiger partial charge is 0.237 e. The first-order valence-electron chi connectivity index (χ1n) is 8.55. The van der Waals surface area contributed by atoms with Gasteiger partial charge in [0.1, 0.15) is 12.2 Å². The second kappa shape index (κ2) is 6.37. The summed E-state index contributed by atoms with van der Waals surface area (Å²) >= 11 is 0. The molecular weight excluding hydrogens is 297 g/mol. The number of halogens is 1. The lowest BCUT2D eigenvalue weighted by atomic mass is 9.95. The molecule has 128 valence electrons. The Morgan fingerprint density at radius 2 is 2.04 bits per heavy atom. The number of alkyl halides is 1. The molecule has 3 aliphatic rings. The highest BCUT2D eigenvalue weighted by Gasteiger charge is 2.47. The maximum Gasteiger partial charge on any atom is 0.237 e. The number of carbonyl (C=O) groups is 1. The molecule has 0 aromatic carbocycles. The van der Waals surface area contributed by atoms with Gasteiger partial charge in [-0.05, 0) is 44.4 Å². The minimum atomic E-state index is -1.07. The van der Waals surface area contributed by atoms with Gasteiger partial charge in [-0.1, -0.05) is 0 Å². The molecule has 1 heterocycles. The van der Waals surface area contributed by atoms with E-state index in [1.54, 1.807) is 7.11 Å². The molecule has 6 heteroatoms. The van der Waals surface area contributed by atoms with Gasteiger partial charge < -0.3 is 15.0 Å². The summed E-state index contributed by atoms with van der Waals surface area (Å²) in [7, 11) is 1.78. The molecule has 1 saturated heterocycles. The maximum atomic E-state index is 13.4. The number of methoxy groups -OCH3 is 1. The van der Waals surface area contributed by atoms with Gasteiger partial charge >= 0.3 is 0 Å². The first-order valence-corrected chi connectivity index (χ1v) is 8.55. The second-order valence-electron chi connectivity index (χ2n) is 7.70. The Balaban J connectivity index is 1.51. The van der Waals surface area contributed by atoms with E-state index in [1.165, 1.54) is 4.90 Å². The average molecular weight is 323 g/mol. The van der Waals surface area contributed by atoms with Gasteiger partial charge in [-0.3, -0.25) is 4.79 Å². The van der Waals surface area contributed by atoms with Crippen LogP contribution in [0.4, 0.5) is 4.39 Å². The Labute approximate surface area is 137 Å². The normalized spacial score (nSPS) is 42.7. The summed E-state index contributed by atoms with van der Waals surface area (Å²) in [6, 6.07) is 1.42. The fraction of sp³-hybridized carbons (Fsp3) is 0.882. The van der Waals surface area contributed by atoms with E-state index >= 15 is 0 Å². The number of hydrogen-bond acceptors (Lipinski definition) is 4. The Hall–Kier alpha value is -1.19. The predicted octanol–water partition coefficient (Wildman–Crippen LogP) is 1.63. The number of likely N-dealkylation sites (tertiary alicyclic amines) is 1. The molecule has 2 aliphatic carbocycles. The lowest BCUT2D eigenvalue weighted by molar-refractivity contribution is -0.130. The summed E-state index contributed by atoms with van der Waals surface area (Å²) in [5.41, 5.74) is -0.0410. The molecule has 0 aromatic rings. The summed E-state index contributed by atoms with van der Waals surface area (Å²) in [5.74, 6) is 1.17. The number of hydrogen-bond donors (Lipinski definition) is 1. The minimum Gasteiger partial charge on any atom is -0.381 e. The van der Waals surface area contributed by atoms with Crippen molar-refractivity contribution in [3.63, 3.8) is 0 Å². The van der Waals surface area contributed by atoms with E-state index in [4.69, 9.17) is 10.00 Å². The van der Waals surface area contributed by atoms with Gasteiger partial charge in [0.25, 0.3) is 0 Å². The van der Waals surface area contributed by atoms with Gasteiger partial charge in [0.05, 0.1) is 25.3 Å². The largest absolute Gasteiger partial charge is 0.381 e. The summed E-state index contributed by atoms with van der Waals surface area (Å²) in [6.07, 6.45) is 3.78. The van der Waals surface area contributed by atoms with Crippen molar-refractivity contribution < 1.29 is 13.9 Å². The number of rotatable bonds is 4. The Morgan fingerprint density at radius 1 is 1.39 bits per heavy atom. The van der Waals surface area contributed by atoms with Gasteiger partial charge in [-0.2, -0.15) is 5.26 Å². The first-order chi connectivity index (χ1) is 10.9. The van der Waals surface area contributed by atoms with Crippen LogP contribution in [0.1, 0.15) is 39.0 Å². The molecule has 1 N–H and O–H groups in total. The van der Waals surface area contributed by atoms with Crippen molar-refractivity contribution in [1.29, 1.82) is 5.26 Å². The molecule has 5 nitrogen and oxygen atoms in total. The minimum absolute atomic E-state index is 0.0410. The van der Waals surface area contributed by atoms with Crippen LogP contribution in [-0.2, 0) is 9.53 Å². The maximum absolute atomic E-state index is 13.4. The molecule has 3 fully saturated rings. The van der Waals surface area contributed by atoms with Crippen molar-refractivity contribution in [2.24, 2.45) is 11.8 Å². The van der Waals surface area contributed by atoms with Crippen molar-refractivity contribution >= 4 is 5.91 Å². The van der Waals surface area contributed by atoms with E-state index in [0.29, 0.717) is 17.9 Å². The number of fused-ring (bicyclic) bond motifs is 1. The highest BCUT2D eigenvalue weighted by molar-refractivity contribution is 5.79. The van der Waals surface area contributed by atoms with Crippen LogP contribution in [0.15, 0.2) is 0 Å². The van der Waals surface area contributed by atoms with Gasteiger partial charge in [0.2, 0.25) is 5.91 Å². The summed E-state index contributed by atoms with van der Waals surface area (Å²) in [4.78, 5) is 13.7. The van der Waals surface area contributed by atoms with Crippen molar-refractivity contribution in [2.45, 2.75) is 62.9 Å². The zero-order valence-corrected chi connectivity index (χ0v) is 13.9. The second-order valence-corrected chi connectivity index (χ2v) is 7.70. The van der Waals surface area contributed by atoms with Crippen molar-refractivity contribution in [3.8, 4) is 6.07 Å². The van der Waals surface area contributed by atoms with E-state index in [1.807, 2.05) is 6.07 Å². The van der Waals surface area contributed by atoms with Crippen molar-refractivity contribution in [1.82, 2.24) is 10.2 Å². The highest BCUT2D eigenvalue weighted by atomic mass is 19.1. The number of amides is 1. The van der Waals surface area contributed by atoms with Gasteiger partial charge in [0.15, 0.2) is 0 Å². The van der Waals surface area contributed by atoms with Crippen LogP contribution in [0.25, 0.3) is 0 Å². The topological polar surface area (TPSA) is 65.4 Å². The molecule has 0 aromatic heterocycles. The molecule has 1 amide bonds. The molecule has 0 radical (unpaired) electrons. The fourth-order valence-electron chi connectivity index (χ4n) is 4.81. The molecular formula is C17H26FN3O2. The van der Waals surface area contributed by atoms with E-state index in [-0.39, 0.29) is 31.0 Å². The van der Waals surface area contributed by atoms with Gasteiger partial charge in [-0.25, -0.2) is 4.39 Å². The Morgan fingerprint density at radius 3 is 2.61 bits per heavy atom. The number of ether oxygens (including phenoxy) is 1. The fourth-order valence-corrected chi connectivity index (χ4v) is 4.81. The highest BCUT2D eigenvalue weighted by Crippen LogP contribution is 2.49. The number of nitriles is 1. The van der Waals surface area contributed by atoms with E-state index < -0.39 is 12.2 Å². The molecule has 23 heavy (non-hydrogen) atoms. The van der Waals surface area contributed by atoms with E-state index in [0.717, 1.165) is 25.7 Å². The molecule has 0 bridgehead atoms. The van der Waals surface area contributed by atoms with Crippen LogP contribution in [-0.4, -0.2) is 54.9 Å². The van der Waals surface area contributed by atoms with Crippen molar-refractivity contribution in [3.05, 3.63) is 0 Å². The monoisotopic (exact) mass is 323 g/mol. The van der Waals surface area contributed by atoms with E-state index in [9.17, 15) is 9.18 Å². The van der Waals surface area contributed by atoms with Crippen LogP contribution in [0.3, 0.4) is 0 Å². The molecule has 2 saturated carbocycles. The SMILES string of the molecule is CO[C@H]1C[C@@H]2C[C@@](C)(NCC(=O)N3C[C@@H](F)C[C@H]3C#N)C[C@@H]2C1. The molecule has 3 rings (SSSR count). The molecule has 1 aliphatic heterocycles. The lowest BCUT2D eigenvalue weighted by Gasteiger charge is -2.29. The quantitative estimate of drug-likeness (QED) is 0.854. The third-order valence-electron chi connectivity index (χ3n) is 5.94. The number of nitrogens with zero attached hydrogens (tertiary/aromatic N) is 2. The van der Waals surface area contributed by atoms with Crippen LogP contribution >= 0.6 is 0 Å². The van der Waals surface area contributed by atoms with Gasteiger partial charge in [0, 0.05) is 19.1 Å².